The lowest BCUT2D eigenvalue weighted by atomic mass is 9.95. The summed E-state index contributed by atoms with van der Waals surface area (Å²) in [6.07, 6.45) is 6.65. The largest absolute Gasteiger partial charge is 0.484 e. The summed E-state index contributed by atoms with van der Waals surface area (Å²) in [5, 5.41) is 2.99. The Kier molecular flexibility index (Phi) is 7.31. The predicted molar refractivity (Wildman–Crippen MR) is 114 cm³/mol. The zero-order valence-electron chi connectivity index (χ0n) is 17.0. The summed E-state index contributed by atoms with van der Waals surface area (Å²) in [5.41, 5.74) is 1.13. The first kappa shape index (κ1) is 22.1. The number of nitrogens with zero attached hydrogens (tertiary/aromatic N) is 1. The molecule has 0 bridgehead atoms. The van der Waals surface area contributed by atoms with Crippen LogP contribution in [-0.2, 0) is 21.4 Å². The maximum absolute atomic E-state index is 13.1. The molecule has 0 aliphatic heterocycles. The smallest absolute Gasteiger partial charge is 0.258 e. The van der Waals surface area contributed by atoms with Crippen LogP contribution in [0.25, 0.3) is 0 Å². The van der Waals surface area contributed by atoms with Gasteiger partial charge in [-0.2, -0.15) is 0 Å². The normalized spacial score (nSPS) is 14.9. The Bertz CT molecular complexity index is 940. The fourth-order valence-corrected chi connectivity index (χ4v) is 4.42. The molecule has 162 valence electrons. The van der Waals surface area contributed by atoms with Gasteiger partial charge in [0.1, 0.15) is 11.6 Å². The molecular weight excluding hydrogens is 407 g/mol. The van der Waals surface area contributed by atoms with Gasteiger partial charge in [-0.15, -0.1) is 0 Å². The fraction of sp³-hybridized carbons (Fsp3) is 0.409. The number of anilines is 1. The van der Waals surface area contributed by atoms with Crippen molar-refractivity contribution in [2.75, 3.05) is 17.2 Å². The van der Waals surface area contributed by atoms with E-state index in [-0.39, 0.29) is 30.9 Å². The molecule has 1 aliphatic carbocycles. The Labute approximate surface area is 177 Å². The third-order valence-corrected chi connectivity index (χ3v) is 6.25. The monoisotopic (exact) mass is 434 g/mol. The van der Waals surface area contributed by atoms with Crippen LogP contribution in [0, 0.1) is 5.82 Å². The summed E-state index contributed by atoms with van der Waals surface area (Å²) in [6, 6.07) is 12.4. The lowest BCUT2D eigenvalue weighted by Crippen LogP contribution is -2.38. The summed E-state index contributed by atoms with van der Waals surface area (Å²) in [6.45, 7) is 0.00429. The Hall–Kier alpha value is -2.61. The molecule has 1 amide bonds. The highest BCUT2D eigenvalue weighted by molar-refractivity contribution is 7.92. The minimum Gasteiger partial charge on any atom is -0.484 e. The first-order valence-corrected chi connectivity index (χ1v) is 11.9. The van der Waals surface area contributed by atoms with Gasteiger partial charge in [-0.05, 0) is 54.8 Å². The second kappa shape index (κ2) is 9.93. The number of rotatable bonds is 8. The first-order valence-electron chi connectivity index (χ1n) is 10.1. The van der Waals surface area contributed by atoms with Crippen LogP contribution in [0.4, 0.5) is 10.1 Å². The summed E-state index contributed by atoms with van der Waals surface area (Å²) in [4.78, 5) is 12.1. The third kappa shape index (κ3) is 6.45. The highest BCUT2D eigenvalue weighted by Gasteiger charge is 2.19. The zero-order chi connectivity index (χ0) is 21.6. The highest BCUT2D eigenvalue weighted by Crippen LogP contribution is 2.24. The SMILES string of the molecule is CS(=O)(=O)N(Cc1ccc(F)cc1)c1ccc(OCC(=O)NC2CCCCC2)cc1. The molecule has 0 spiro atoms. The summed E-state index contributed by atoms with van der Waals surface area (Å²) < 4.78 is 44.4. The topological polar surface area (TPSA) is 75.7 Å². The van der Waals surface area contributed by atoms with E-state index in [2.05, 4.69) is 5.32 Å². The van der Waals surface area contributed by atoms with E-state index in [9.17, 15) is 17.6 Å². The summed E-state index contributed by atoms with van der Waals surface area (Å²) in [7, 11) is -3.55. The number of benzene rings is 2. The quantitative estimate of drug-likeness (QED) is 0.689. The van der Waals surface area contributed by atoms with Gasteiger partial charge in [-0.1, -0.05) is 31.4 Å². The lowest BCUT2D eigenvalue weighted by molar-refractivity contribution is -0.124. The first-order chi connectivity index (χ1) is 14.3. The van der Waals surface area contributed by atoms with Crippen LogP contribution in [0.1, 0.15) is 37.7 Å². The van der Waals surface area contributed by atoms with Crippen molar-refractivity contribution in [3.63, 3.8) is 0 Å². The van der Waals surface area contributed by atoms with Gasteiger partial charge in [-0.25, -0.2) is 12.8 Å². The zero-order valence-corrected chi connectivity index (χ0v) is 17.8. The molecule has 30 heavy (non-hydrogen) atoms. The maximum atomic E-state index is 13.1. The molecule has 0 unspecified atom stereocenters. The van der Waals surface area contributed by atoms with Crippen LogP contribution in [0.3, 0.4) is 0 Å². The number of nitrogens with one attached hydrogen (secondary N) is 1. The molecule has 0 radical (unpaired) electrons. The molecule has 1 fully saturated rings. The van der Waals surface area contributed by atoms with E-state index in [1.54, 1.807) is 36.4 Å². The standard InChI is InChI=1S/C22H27FN2O4S/c1-30(27,28)25(15-17-7-9-18(23)10-8-17)20-11-13-21(14-12-20)29-16-22(26)24-19-5-3-2-4-6-19/h7-14,19H,2-6,15-16H2,1H3,(H,24,26). The van der Waals surface area contributed by atoms with E-state index in [1.807, 2.05) is 0 Å². The van der Waals surface area contributed by atoms with Crippen molar-refractivity contribution < 1.29 is 22.3 Å². The molecule has 1 N–H and O–H groups in total. The summed E-state index contributed by atoms with van der Waals surface area (Å²) >= 11 is 0. The van der Waals surface area contributed by atoms with Crippen molar-refractivity contribution in [1.82, 2.24) is 5.32 Å². The van der Waals surface area contributed by atoms with Crippen LogP contribution in [0.15, 0.2) is 48.5 Å². The Morgan fingerprint density at radius 3 is 2.30 bits per heavy atom. The van der Waals surface area contributed by atoms with Gasteiger partial charge in [0.05, 0.1) is 18.5 Å². The molecule has 8 heteroatoms. The van der Waals surface area contributed by atoms with Gasteiger partial charge >= 0.3 is 0 Å². The predicted octanol–water partition coefficient (Wildman–Crippen LogP) is 3.62. The van der Waals surface area contributed by atoms with Crippen LogP contribution in [0.2, 0.25) is 0 Å². The molecule has 0 aromatic heterocycles. The molecule has 0 heterocycles. The van der Waals surface area contributed by atoms with Crippen molar-refractivity contribution in [3.05, 3.63) is 59.9 Å². The van der Waals surface area contributed by atoms with E-state index in [0.29, 0.717) is 17.0 Å². The lowest BCUT2D eigenvalue weighted by Gasteiger charge is -2.23. The Morgan fingerprint density at radius 2 is 1.70 bits per heavy atom. The molecule has 2 aromatic carbocycles. The van der Waals surface area contributed by atoms with Crippen molar-refractivity contribution >= 4 is 21.6 Å². The number of ether oxygens (including phenoxy) is 1. The molecular formula is C22H27FN2O4S. The van der Waals surface area contributed by atoms with Crippen LogP contribution in [-0.4, -0.2) is 33.2 Å². The van der Waals surface area contributed by atoms with Gasteiger partial charge in [0, 0.05) is 6.04 Å². The summed E-state index contributed by atoms with van der Waals surface area (Å²) in [5.74, 6) is -0.0495. The number of halogens is 1. The number of hydrogen-bond acceptors (Lipinski definition) is 4. The molecule has 0 saturated heterocycles. The average molecular weight is 435 g/mol. The molecule has 1 aliphatic rings. The number of carbonyl (C=O) groups excluding carboxylic acids is 1. The fourth-order valence-electron chi connectivity index (χ4n) is 3.53. The van der Waals surface area contributed by atoms with E-state index in [4.69, 9.17) is 4.74 Å². The van der Waals surface area contributed by atoms with E-state index < -0.39 is 10.0 Å². The minimum absolute atomic E-state index is 0.0821. The van der Waals surface area contributed by atoms with E-state index in [0.717, 1.165) is 31.9 Å². The number of sulfonamides is 1. The third-order valence-electron chi connectivity index (χ3n) is 5.10. The van der Waals surface area contributed by atoms with Crippen LogP contribution >= 0.6 is 0 Å². The van der Waals surface area contributed by atoms with Gasteiger partial charge in [0.2, 0.25) is 10.0 Å². The van der Waals surface area contributed by atoms with Crippen molar-refractivity contribution in [2.45, 2.75) is 44.7 Å². The van der Waals surface area contributed by atoms with Gasteiger partial charge < -0.3 is 10.1 Å². The number of hydrogen-bond donors (Lipinski definition) is 1. The second-order valence-electron chi connectivity index (χ2n) is 7.58. The van der Waals surface area contributed by atoms with Gasteiger partial charge in [0.25, 0.3) is 5.91 Å². The van der Waals surface area contributed by atoms with Crippen LogP contribution < -0.4 is 14.4 Å². The van der Waals surface area contributed by atoms with Crippen molar-refractivity contribution in [2.24, 2.45) is 0 Å². The Balaban J connectivity index is 1.60. The number of amides is 1. The molecule has 0 atom stereocenters. The second-order valence-corrected chi connectivity index (χ2v) is 9.49. The van der Waals surface area contributed by atoms with Crippen molar-refractivity contribution in [3.8, 4) is 5.75 Å². The molecule has 2 aromatic rings. The molecule has 3 rings (SSSR count). The minimum atomic E-state index is -3.55. The number of carbonyl (C=O) groups is 1. The molecule has 6 nitrogen and oxygen atoms in total. The van der Waals surface area contributed by atoms with E-state index in [1.165, 1.54) is 22.9 Å². The van der Waals surface area contributed by atoms with Gasteiger partial charge in [-0.3, -0.25) is 9.10 Å². The van der Waals surface area contributed by atoms with Crippen molar-refractivity contribution in [1.29, 1.82) is 0 Å². The highest BCUT2D eigenvalue weighted by atomic mass is 32.2. The van der Waals surface area contributed by atoms with Crippen LogP contribution in [0.5, 0.6) is 5.75 Å². The molecule has 1 saturated carbocycles. The maximum Gasteiger partial charge on any atom is 0.258 e. The van der Waals surface area contributed by atoms with E-state index >= 15 is 0 Å². The Morgan fingerprint density at radius 1 is 1.07 bits per heavy atom. The van der Waals surface area contributed by atoms with Gasteiger partial charge in [0.15, 0.2) is 6.61 Å². The average Bonchev–Trinajstić information content (AvgIpc) is 2.72.